The topological polar surface area (TPSA) is 40.0 Å². The van der Waals surface area contributed by atoms with Crippen molar-refractivity contribution in [3.63, 3.8) is 0 Å². The molecule has 0 radical (unpaired) electrons. The lowest BCUT2D eigenvalue weighted by molar-refractivity contribution is -0.910. The highest BCUT2D eigenvalue weighted by atomic mass is 16.5. The number of morpholine rings is 1. The molecule has 1 heterocycles. The molecule has 0 saturated carbocycles. The van der Waals surface area contributed by atoms with Crippen molar-refractivity contribution in [1.82, 2.24) is 0 Å². The molecule has 1 fully saturated rings. The number of carbonyl (C=O) groups is 1. The van der Waals surface area contributed by atoms with Crippen LogP contribution in [0.4, 0.5) is 0 Å². The number of carbonyl (C=O) groups excluding carboxylic acids is 1. The lowest BCUT2D eigenvalue weighted by Gasteiger charge is -2.27. The molecule has 2 aromatic carbocycles. The molecular formula is C21H26NO3+. The number of hydrogen-bond acceptors (Lipinski definition) is 3. The molecule has 0 amide bonds. The smallest absolute Gasteiger partial charge is 0.318 e. The third kappa shape index (κ3) is 4.91. The van der Waals surface area contributed by atoms with Crippen molar-refractivity contribution in [2.45, 2.75) is 18.9 Å². The van der Waals surface area contributed by atoms with Crippen molar-refractivity contribution in [1.29, 1.82) is 0 Å². The monoisotopic (exact) mass is 340 g/mol. The first-order valence-corrected chi connectivity index (χ1v) is 8.95. The molecular weight excluding hydrogens is 314 g/mol. The largest absolute Gasteiger partial charge is 0.456 e. The van der Waals surface area contributed by atoms with Gasteiger partial charge in [0, 0.05) is 0 Å². The number of quaternary nitrogens is 1. The van der Waals surface area contributed by atoms with E-state index in [9.17, 15) is 4.79 Å². The molecule has 2 aromatic rings. The van der Waals surface area contributed by atoms with Crippen LogP contribution < -0.4 is 4.90 Å². The fourth-order valence-electron chi connectivity index (χ4n) is 3.33. The Bertz CT molecular complexity index is 614. The molecule has 1 unspecified atom stereocenters. The lowest BCUT2D eigenvalue weighted by Crippen LogP contribution is -3.15. The summed E-state index contributed by atoms with van der Waals surface area (Å²) < 4.78 is 11.2. The summed E-state index contributed by atoms with van der Waals surface area (Å²) in [6, 6.07) is 19.7. The second kappa shape index (κ2) is 8.79. The zero-order valence-electron chi connectivity index (χ0n) is 14.7. The van der Waals surface area contributed by atoms with Gasteiger partial charge in [0.25, 0.3) is 0 Å². The Morgan fingerprint density at radius 1 is 1.00 bits per heavy atom. The number of nitrogens with one attached hydrogen (secondary N) is 1. The van der Waals surface area contributed by atoms with Crippen LogP contribution in [0.25, 0.3) is 0 Å². The Balaban J connectivity index is 1.71. The molecule has 25 heavy (non-hydrogen) atoms. The van der Waals surface area contributed by atoms with E-state index in [-0.39, 0.29) is 18.0 Å². The summed E-state index contributed by atoms with van der Waals surface area (Å²) >= 11 is 0. The van der Waals surface area contributed by atoms with Gasteiger partial charge in [0.05, 0.1) is 13.2 Å². The SMILES string of the molecule is CC(C[NH+]1CCOCC1)OC(=O)C(c1ccccc1)c1ccccc1. The minimum atomic E-state index is -0.385. The average Bonchev–Trinajstić information content (AvgIpc) is 2.64. The zero-order chi connectivity index (χ0) is 17.5. The van der Waals surface area contributed by atoms with Gasteiger partial charge in [-0.25, -0.2) is 0 Å². The van der Waals surface area contributed by atoms with E-state index in [0.29, 0.717) is 0 Å². The molecule has 0 bridgehead atoms. The fourth-order valence-corrected chi connectivity index (χ4v) is 3.33. The minimum absolute atomic E-state index is 0.115. The summed E-state index contributed by atoms with van der Waals surface area (Å²) in [6.45, 7) is 6.32. The van der Waals surface area contributed by atoms with Gasteiger partial charge < -0.3 is 14.4 Å². The number of benzene rings is 2. The van der Waals surface area contributed by atoms with Gasteiger partial charge in [0.2, 0.25) is 0 Å². The van der Waals surface area contributed by atoms with Crippen molar-refractivity contribution >= 4 is 5.97 Å². The van der Waals surface area contributed by atoms with Gasteiger partial charge in [-0.2, -0.15) is 0 Å². The number of hydrogen-bond donors (Lipinski definition) is 1. The summed E-state index contributed by atoms with van der Waals surface area (Å²) in [5.74, 6) is -0.568. The van der Waals surface area contributed by atoms with Crippen LogP contribution in [0.15, 0.2) is 60.7 Å². The predicted octanol–water partition coefficient (Wildman–Crippen LogP) is 1.67. The summed E-state index contributed by atoms with van der Waals surface area (Å²) in [5.41, 5.74) is 1.93. The Kier molecular flexibility index (Phi) is 6.20. The summed E-state index contributed by atoms with van der Waals surface area (Å²) in [4.78, 5) is 14.4. The number of esters is 1. The maximum atomic E-state index is 12.9. The summed E-state index contributed by atoms with van der Waals surface area (Å²) in [7, 11) is 0. The van der Waals surface area contributed by atoms with Crippen molar-refractivity contribution in [2.75, 3.05) is 32.8 Å². The van der Waals surface area contributed by atoms with Crippen LogP contribution in [0.5, 0.6) is 0 Å². The van der Waals surface area contributed by atoms with E-state index in [0.717, 1.165) is 44.0 Å². The van der Waals surface area contributed by atoms with Crippen molar-refractivity contribution < 1.29 is 19.2 Å². The first kappa shape index (κ1) is 17.6. The highest BCUT2D eigenvalue weighted by Crippen LogP contribution is 2.26. The molecule has 1 aliphatic heterocycles. The molecule has 0 aromatic heterocycles. The zero-order valence-corrected chi connectivity index (χ0v) is 14.7. The highest BCUT2D eigenvalue weighted by Gasteiger charge is 2.27. The van der Waals surface area contributed by atoms with Crippen molar-refractivity contribution in [3.8, 4) is 0 Å². The molecule has 4 nitrogen and oxygen atoms in total. The number of ether oxygens (including phenoxy) is 2. The summed E-state index contributed by atoms with van der Waals surface area (Å²) in [6.07, 6.45) is -0.115. The Morgan fingerprint density at radius 2 is 1.52 bits per heavy atom. The van der Waals surface area contributed by atoms with E-state index >= 15 is 0 Å². The maximum Gasteiger partial charge on any atom is 0.318 e. The van der Waals surface area contributed by atoms with Gasteiger partial charge in [-0.1, -0.05) is 60.7 Å². The standard InChI is InChI=1S/C21H25NO3/c1-17(16-22-12-14-24-15-13-22)25-21(23)20(18-8-4-2-5-9-18)19-10-6-3-7-11-19/h2-11,17,20H,12-16H2,1H3/p+1. The maximum absolute atomic E-state index is 12.9. The van der Waals surface area contributed by atoms with Gasteiger partial charge in [-0.05, 0) is 18.1 Å². The van der Waals surface area contributed by atoms with E-state index in [1.54, 1.807) is 0 Å². The minimum Gasteiger partial charge on any atom is -0.456 e. The molecule has 1 N–H and O–H groups in total. The van der Waals surface area contributed by atoms with Gasteiger partial charge >= 0.3 is 5.97 Å². The molecule has 132 valence electrons. The van der Waals surface area contributed by atoms with Crippen LogP contribution in [-0.2, 0) is 14.3 Å². The average molecular weight is 340 g/mol. The van der Waals surface area contributed by atoms with E-state index in [1.807, 2.05) is 67.6 Å². The Labute approximate surface area is 149 Å². The van der Waals surface area contributed by atoms with Gasteiger partial charge in [0.15, 0.2) is 0 Å². The van der Waals surface area contributed by atoms with Crippen molar-refractivity contribution in [3.05, 3.63) is 71.8 Å². The quantitative estimate of drug-likeness (QED) is 0.813. The lowest BCUT2D eigenvalue weighted by atomic mass is 9.91. The van der Waals surface area contributed by atoms with Crippen molar-refractivity contribution in [2.24, 2.45) is 0 Å². The van der Waals surface area contributed by atoms with Crippen LogP contribution in [-0.4, -0.2) is 44.9 Å². The fraction of sp³-hybridized carbons (Fsp3) is 0.381. The molecule has 1 aliphatic rings. The number of rotatable bonds is 6. The first-order chi connectivity index (χ1) is 12.2. The normalized spacial score (nSPS) is 16.6. The Hall–Kier alpha value is -2.17. The van der Waals surface area contributed by atoms with Crippen LogP contribution in [0.1, 0.15) is 24.0 Å². The molecule has 1 saturated heterocycles. The van der Waals surface area contributed by atoms with E-state index in [1.165, 1.54) is 4.90 Å². The van der Waals surface area contributed by atoms with E-state index in [2.05, 4.69) is 0 Å². The Morgan fingerprint density at radius 3 is 2.04 bits per heavy atom. The molecule has 4 heteroatoms. The first-order valence-electron chi connectivity index (χ1n) is 8.95. The molecule has 1 atom stereocenters. The van der Waals surface area contributed by atoms with Gasteiger partial charge in [-0.15, -0.1) is 0 Å². The van der Waals surface area contributed by atoms with Gasteiger partial charge in [0.1, 0.15) is 31.7 Å². The van der Waals surface area contributed by atoms with Crippen LogP contribution in [0.3, 0.4) is 0 Å². The third-order valence-electron chi connectivity index (χ3n) is 4.59. The van der Waals surface area contributed by atoms with E-state index in [4.69, 9.17) is 9.47 Å². The molecule has 0 aliphatic carbocycles. The van der Waals surface area contributed by atoms with Crippen LogP contribution >= 0.6 is 0 Å². The molecule has 0 spiro atoms. The van der Waals surface area contributed by atoms with Crippen LogP contribution in [0.2, 0.25) is 0 Å². The van der Waals surface area contributed by atoms with Gasteiger partial charge in [-0.3, -0.25) is 4.79 Å². The van der Waals surface area contributed by atoms with E-state index < -0.39 is 0 Å². The molecule has 3 rings (SSSR count). The second-order valence-electron chi connectivity index (χ2n) is 6.57. The van der Waals surface area contributed by atoms with Crippen LogP contribution in [0, 0.1) is 0 Å². The second-order valence-corrected chi connectivity index (χ2v) is 6.57. The highest BCUT2D eigenvalue weighted by molar-refractivity contribution is 5.82. The predicted molar refractivity (Wildman–Crippen MR) is 96.7 cm³/mol. The third-order valence-corrected chi connectivity index (χ3v) is 4.59. The summed E-state index contributed by atoms with van der Waals surface area (Å²) in [5, 5.41) is 0.